The molecule has 110 valence electrons. The standard InChI is InChI=1S/C15H29N3O/c1-3-15(6-8-16-9-7-15)14(19)17-13(2)12-18-10-4-5-11-18/h13,16H,3-12H2,1-2H3,(H,17,19). The van der Waals surface area contributed by atoms with Crippen LogP contribution in [0.3, 0.4) is 0 Å². The topological polar surface area (TPSA) is 44.4 Å². The molecule has 0 aromatic rings. The fourth-order valence-electron chi connectivity index (χ4n) is 3.42. The minimum atomic E-state index is -0.121. The van der Waals surface area contributed by atoms with Crippen LogP contribution < -0.4 is 10.6 Å². The molecule has 0 aromatic carbocycles. The Balaban J connectivity index is 1.83. The molecule has 0 bridgehead atoms. The number of nitrogens with one attached hydrogen (secondary N) is 2. The van der Waals surface area contributed by atoms with Crippen LogP contribution in [0.2, 0.25) is 0 Å². The predicted molar refractivity (Wildman–Crippen MR) is 78.1 cm³/mol. The molecule has 0 radical (unpaired) electrons. The predicted octanol–water partition coefficient (Wildman–Crippen LogP) is 1.37. The summed E-state index contributed by atoms with van der Waals surface area (Å²) in [5, 5.41) is 6.61. The van der Waals surface area contributed by atoms with Crippen molar-refractivity contribution in [3.63, 3.8) is 0 Å². The molecule has 2 N–H and O–H groups in total. The molecule has 1 amide bonds. The van der Waals surface area contributed by atoms with E-state index in [9.17, 15) is 4.79 Å². The molecule has 2 aliphatic heterocycles. The third-order valence-corrected chi connectivity index (χ3v) is 4.83. The van der Waals surface area contributed by atoms with Crippen molar-refractivity contribution in [2.75, 3.05) is 32.7 Å². The Morgan fingerprint density at radius 2 is 1.95 bits per heavy atom. The van der Waals surface area contributed by atoms with E-state index in [1.165, 1.54) is 25.9 Å². The molecule has 0 spiro atoms. The maximum absolute atomic E-state index is 12.6. The summed E-state index contributed by atoms with van der Waals surface area (Å²) in [6, 6.07) is 0.268. The van der Waals surface area contributed by atoms with E-state index >= 15 is 0 Å². The van der Waals surface area contributed by atoms with Crippen LogP contribution in [-0.2, 0) is 4.79 Å². The van der Waals surface area contributed by atoms with Crippen LogP contribution in [0.4, 0.5) is 0 Å². The maximum atomic E-state index is 12.6. The molecule has 2 heterocycles. The molecule has 0 aromatic heterocycles. The number of hydrogen-bond donors (Lipinski definition) is 2. The normalized spacial score (nSPS) is 25.2. The van der Waals surface area contributed by atoms with Crippen molar-refractivity contribution in [3.05, 3.63) is 0 Å². The van der Waals surface area contributed by atoms with Gasteiger partial charge in [0.25, 0.3) is 0 Å². The van der Waals surface area contributed by atoms with Gasteiger partial charge in [-0.25, -0.2) is 0 Å². The number of nitrogens with zero attached hydrogens (tertiary/aromatic N) is 1. The van der Waals surface area contributed by atoms with Crippen LogP contribution in [-0.4, -0.2) is 49.6 Å². The summed E-state index contributed by atoms with van der Waals surface area (Å²) < 4.78 is 0. The Morgan fingerprint density at radius 3 is 2.53 bits per heavy atom. The molecule has 4 nitrogen and oxygen atoms in total. The molecule has 19 heavy (non-hydrogen) atoms. The van der Waals surface area contributed by atoms with E-state index in [-0.39, 0.29) is 17.4 Å². The van der Waals surface area contributed by atoms with Crippen LogP contribution in [0.1, 0.15) is 46.0 Å². The zero-order chi connectivity index (χ0) is 13.7. The first-order valence-corrected chi connectivity index (χ1v) is 7.90. The Kier molecular flexibility index (Phi) is 5.22. The summed E-state index contributed by atoms with van der Waals surface area (Å²) in [4.78, 5) is 15.0. The van der Waals surface area contributed by atoms with Crippen molar-refractivity contribution in [2.24, 2.45) is 5.41 Å². The van der Waals surface area contributed by atoms with E-state index in [4.69, 9.17) is 0 Å². The van der Waals surface area contributed by atoms with Gasteiger partial charge in [0.2, 0.25) is 5.91 Å². The molecule has 1 unspecified atom stereocenters. The molecule has 1 atom stereocenters. The smallest absolute Gasteiger partial charge is 0.226 e. The number of rotatable bonds is 5. The average molecular weight is 267 g/mol. The summed E-state index contributed by atoms with van der Waals surface area (Å²) in [7, 11) is 0. The van der Waals surface area contributed by atoms with E-state index in [0.717, 1.165) is 38.9 Å². The summed E-state index contributed by atoms with van der Waals surface area (Å²) in [6.07, 6.45) is 5.53. The first-order valence-electron chi connectivity index (χ1n) is 7.90. The quantitative estimate of drug-likeness (QED) is 0.791. The van der Waals surface area contributed by atoms with Crippen molar-refractivity contribution in [2.45, 2.75) is 52.0 Å². The van der Waals surface area contributed by atoms with E-state index in [2.05, 4.69) is 29.4 Å². The fraction of sp³-hybridized carbons (Fsp3) is 0.933. The van der Waals surface area contributed by atoms with Gasteiger partial charge in [-0.2, -0.15) is 0 Å². The highest BCUT2D eigenvalue weighted by molar-refractivity contribution is 5.83. The van der Waals surface area contributed by atoms with E-state index < -0.39 is 0 Å². The fourth-order valence-corrected chi connectivity index (χ4v) is 3.42. The number of carbonyl (C=O) groups excluding carboxylic acids is 1. The lowest BCUT2D eigenvalue weighted by Crippen LogP contribution is -2.51. The zero-order valence-corrected chi connectivity index (χ0v) is 12.5. The van der Waals surface area contributed by atoms with Gasteiger partial charge in [0.1, 0.15) is 0 Å². The lowest BCUT2D eigenvalue weighted by atomic mass is 9.75. The molecular formula is C15H29N3O. The lowest BCUT2D eigenvalue weighted by Gasteiger charge is -2.36. The highest BCUT2D eigenvalue weighted by Gasteiger charge is 2.38. The summed E-state index contributed by atoms with van der Waals surface area (Å²) in [6.45, 7) is 9.64. The molecule has 2 saturated heterocycles. The average Bonchev–Trinajstić information content (AvgIpc) is 2.92. The Morgan fingerprint density at radius 1 is 1.32 bits per heavy atom. The van der Waals surface area contributed by atoms with Gasteiger partial charge in [-0.1, -0.05) is 6.92 Å². The SMILES string of the molecule is CCC1(C(=O)NC(C)CN2CCCC2)CCNCC1. The third kappa shape index (κ3) is 3.69. The zero-order valence-electron chi connectivity index (χ0n) is 12.5. The second-order valence-corrected chi connectivity index (χ2v) is 6.27. The molecular weight excluding hydrogens is 238 g/mol. The van der Waals surface area contributed by atoms with Crippen molar-refractivity contribution in [1.29, 1.82) is 0 Å². The minimum absolute atomic E-state index is 0.121. The molecule has 0 aliphatic carbocycles. The van der Waals surface area contributed by atoms with Gasteiger partial charge >= 0.3 is 0 Å². The number of hydrogen-bond acceptors (Lipinski definition) is 3. The largest absolute Gasteiger partial charge is 0.352 e. The third-order valence-electron chi connectivity index (χ3n) is 4.83. The Hall–Kier alpha value is -0.610. The first kappa shape index (κ1) is 14.8. The van der Waals surface area contributed by atoms with Gasteiger partial charge < -0.3 is 15.5 Å². The summed E-state index contributed by atoms with van der Waals surface area (Å²) >= 11 is 0. The highest BCUT2D eigenvalue weighted by atomic mass is 16.2. The van der Waals surface area contributed by atoms with Crippen LogP contribution in [0.5, 0.6) is 0 Å². The number of likely N-dealkylation sites (tertiary alicyclic amines) is 1. The van der Waals surface area contributed by atoms with Crippen LogP contribution in [0, 0.1) is 5.41 Å². The van der Waals surface area contributed by atoms with E-state index in [1.807, 2.05) is 0 Å². The van der Waals surface area contributed by atoms with E-state index in [1.54, 1.807) is 0 Å². The molecule has 2 rings (SSSR count). The highest BCUT2D eigenvalue weighted by Crippen LogP contribution is 2.32. The van der Waals surface area contributed by atoms with Crippen LogP contribution >= 0.6 is 0 Å². The summed E-state index contributed by atoms with van der Waals surface area (Å²) in [5.74, 6) is 0.281. The number of piperidine rings is 1. The van der Waals surface area contributed by atoms with Crippen molar-refractivity contribution < 1.29 is 4.79 Å². The van der Waals surface area contributed by atoms with Gasteiger partial charge in [-0.3, -0.25) is 4.79 Å². The Bertz CT molecular complexity index is 294. The molecule has 2 fully saturated rings. The van der Waals surface area contributed by atoms with Gasteiger partial charge in [-0.05, 0) is 65.2 Å². The first-order chi connectivity index (χ1) is 9.16. The van der Waals surface area contributed by atoms with Gasteiger partial charge in [0.05, 0.1) is 5.41 Å². The van der Waals surface area contributed by atoms with Crippen molar-refractivity contribution in [3.8, 4) is 0 Å². The number of carbonyl (C=O) groups is 1. The summed E-state index contributed by atoms with van der Waals surface area (Å²) in [5.41, 5.74) is -0.121. The maximum Gasteiger partial charge on any atom is 0.226 e. The van der Waals surface area contributed by atoms with Crippen LogP contribution in [0.25, 0.3) is 0 Å². The van der Waals surface area contributed by atoms with Crippen molar-refractivity contribution in [1.82, 2.24) is 15.5 Å². The molecule has 2 aliphatic rings. The molecule has 4 heteroatoms. The van der Waals surface area contributed by atoms with Gasteiger partial charge in [0, 0.05) is 12.6 Å². The lowest BCUT2D eigenvalue weighted by molar-refractivity contribution is -0.133. The Labute approximate surface area is 117 Å². The second-order valence-electron chi connectivity index (χ2n) is 6.27. The van der Waals surface area contributed by atoms with Gasteiger partial charge in [0.15, 0.2) is 0 Å². The van der Waals surface area contributed by atoms with E-state index in [0.29, 0.717) is 0 Å². The number of amides is 1. The van der Waals surface area contributed by atoms with Crippen molar-refractivity contribution >= 4 is 5.91 Å². The second kappa shape index (κ2) is 6.71. The van der Waals surface area contributed by atoms with Crippen LogP contribution in [0.15, 0.2) is 0 Å². The monoisotopic (exact) mass is 267 g/mol. The van der Waals surface area contributed by atoms with Gasteiger partial charge in [-0.15, -0.1) is 0 Å². The minimum Gasteiger partial charge on any atom is -0.352 e. The molecule has 0 saturated carbocycles.